The fraction of sp³-hybridized carbons (Fsp3) is 0.138. The number of nitrogens with zero attached hydrogens (tertiary/aromatic N) is 2. The molecule has 2 N–H and O–H groups in total. The highest BCUT2D eigenvalue weighted by Gasteiger charge is 2.16. The average molecular weight is 465 g/mol. The lowest BCUT2D eigenvalue weighted by Gasteiger charge is -2.14. The molecule has 0 atom stereocenters. The third kappa shape index (κ3) is 6.10. The molecule has 0 aliphatic heterocycles. The Morgan fingerprint density at radius 3 is 2.54 bits per heavy atom. The van der Waals surface area contributed by atoms with Crippen LogP contribution in [-0.2, 0) is 13.0 Å². The second kappa shape index (κ2) is 11.1. The number of halogens is 1. The smallest absolute Gasteiger partial charge is 0.255 e. The van der Waals surface area contributed by atoms with Crippen molar-refractivity contribution in [2.75, 3.05) is 11.9 Å². The second-order valence-electron chi connectivity index (χ2n) is 8.23. The molecule has 1 heterocycles. The maximum atomic E-state index is 13.5. The molecular weight excluding hydrogens is 439 g/mol. The Kier molecular flexibility index (Phi) is 7.49. The molecule has 0 saturated carbocycles. The van der Waals surface area contributed by atoms with Crippen LogP contribution in [0.3, 0.4) is 0 Å². The van der Waals surface area contributed by atoms with Crippen LogP contribution < -0.4 is 10.6 Å². The Balaban J connectivity index is 1.57. The maximum absolute atomic E-state index is 13.5. The van der Waals surface area contributed by atoms with Crippen LogP contribution in [0.4, 0.5) is 10.2 Å². The number of anilines is 1. The van der Waals surface area contributed by atoms with Crippen molar-refractivity contribution in [3.63, 3.8) is 0 Å². The highest BCUT2D eigenvalue weighted by atomic mass is 19.1. The first-order chi connectivity index (χ1) is 17.0. The molecule has 0 aliphatic carbocycles. The Morgan fingerprint density at radius 2 is 1.77 bits per heavy atom. The minimum absolute atomic E-state index is 0.258. The van der Waals surface area contributed by atoms with Gasteiger partial charge in [0, 0.05) is 18.7 Å². The van der Waals surface area contributed by atoms with Crippen LogP contribution in [0.15, 0.2) is 84.9 Å². The van der Waals surface area contributed by atoms with E-state index in [1.165, 1.54) is 12.1 Å². The highest BCUT2D eigenvalue weighted by molar-refractivity contribution is 5.99. The van der Waals surface area contributed by atoms with E-state index in [1.807, 2.05) is 49.4 Å². The van der Waals surface area contributed by atoms with Crippen molar-refractivity contribution < 1.29 is 9.18 Å². The van der Waals surface area contributed by atoms with Crippen molar-refractivity contribution in [2.24, 2.45) is 0 Å². The van der Waals surface area contributed by atoms with Gasteiger partial charge in [-0.15, -0.1) is 0 Å². The van der Waals surface area contributed by atoms with Gasteiger partial charge in [0.1, 0.15) is 11.6 Å². The number of carbonyl (C=O) groups is 1. The van der Waals surface area contributed by atoms with Gasteiger partial charge in [0.25, 0.3) is 5.91 Å². The van der Waals surface area contributed by atoms with Crippen molar-refractivity contribution in [2.45, 2.75) is 19.9 Å². The first-order valence-electron chi connectivity index (χ1n) is 11.4. The van der Waals surface area contributed by atoms with E-state index in [0.717, 1.165) is 16.7 Å². The quantitative estimate of drug-likeness (QED) is 0.353. The Labute approximate surface area is 204 Å². The van der Waals surface area contributed by atoms with E-state index >= 15 is 0 Å². The van der Waals surface area contributed by atoms with Crippen molar-refractivity contribution in [1.82, 2.24) is 10.3 Å². The van der Waals surface area contributed by atoms with Gasteiger partial charge in [0.2, 0.25) is 0 Å². The number of nitrogens with one attached hydrogen (secondary N) is 2. The minimum atomic E-state index is -0.285. The zero-order valence-electron chi connectivity index (χ0n) is 19.4. The third-order valence-corrected chi connectivity index (χ3v) is 5.63. The van der Waals surface area contributed by atoms with Crippen LogP contribution in [-0.4, -0.2) is 17.4 Å². The molecule has 4 aromatic rings. The van der Waals surface area contributed by atoms with E-state index in [4.69, 9.17) is 4.98 Å². The molecule has 174 valence electrons. The number of carbonyl (C=O) groups excluding carboxylic acids is 1. The number of hydrogen-bond acceptors (Lipinski definition) is 4. The number of rotatable bonds is 8. The van der Waals surface area contributed by atoms with Crippen LogP contribution in [0.1, 0.15) is 32.6 Å². The molecule has 1 aromatic heterocycles. The number of amides is 1. The summed E-state index contributed by atoms with van der Waals surface area (Å²) >= 11 is 0. The summed E-state index contributed by atoms with van der Waals surface area (Å²) in [6.45, 7) is 2.86. The first-order valence-corrected chi connectivity index (χ1v) is 11.4. The summed E-state index contributed by atoms with van der Waals surface area (Å²) < 4.78 is 13.5. The maximum Gasteiger partial charge on any atom is 0.255 e. The molecule has 1 amide bonds. The van der Waals surface area contributed by atoms with Gasteiger partial charge in [0.05, 0.1) is 22.9 Å². The van der Waals surface area contributed by atoms with Crippen molar-refractivity contribution in [3.05, 3.63) is 119 Å². The topological polar surface area (TPSA) is 77.8 Å². The third-order valence-electron chi connectivity index (χ3n) is 5.63. The number of benzene rings is 3. The summed E-state index contributed by atoms with van der Waals surface area (Å²) in [6.07, 6.45) is 0.558. The summed E-state index contributed by atoms with van der Waals surface area (Å²) in [4.78, 5) is 17.8. The number of nitriles is 1. The van der Waals surface area contributed by atoms with Crippen LogP contribution in [0.5, 0.6) is 0 Å². The van der Waals surface area contributed by atoms with E-state index in [0.29, 0.717) is 47.7 Å². The van der Waals surface area contributed by atoms with Gasteiger partial charge < -0.3 is 10.6 Å². The van der Waals surface area contributed by atoms with Crippen LogP contribution in [0.2, 0.25) is 0 Å². The van der Waals surface area contributed by atoms with E-state index in [9.17, 15) is 14.4 Å². The normalized spacial score (nSPS) is 10.4. The standard InChI is InChI=1S/C29H25FN4O/c1-20-9-11-22(12-10-20)19-33-29(35)26-13-14-27(25-8-3-2-6-23(25)18-31)34-28(26)32-16-15-21-5-4-7-24(30)17-21/h2-14,17H,15-16,19H2,1H3,(H,32,34)(H,33,35). The Bertz CT molecular complexity index is 1380. The van der Waals surface area contributed by atoms with Crippen LogP contribution >= 0.6 is 0 Å². The van der Waals surface area contributed by atoms with Gasteiger partial charge in [-0.2, -0.15) is 5.26 Å². The van der Waals surface area contributed by atoms with E-state index in [-0.39, 0.29) is 11.7 Å². The minimum Gasteiger partial charge on any atom is -0.369 e. The predicted octanol–water partition coefficient (Wildman–Crippen LogP) is 5.65. The molecule has 3 aromatic carbocycles. The molecular formula is C29H25FN4O. The molecule has 0 fully saturated rings. The van der Waals surface area contributed by atoms with Crippen LogP contribution in [0.25, 0.3) is 11.3 Å². The van der Waals surface area contributed by atoms with Crippen molar-refractivity contribution in [3.8, 4) is 17.3 Å². The first kappa shape index (κ1) is 23.7. The fourth-order valence-corrected chi connectivity index (χ4v) is 3.73. The number of hydrogen-bond donors (Lipinski definition) is 2. The zero-order chi connectivity index (χ0) is 24.6. The monoisotopic (exact) mass is 464 g/mol. The molecule has 0 radical (unpaired) electrons. The summed E-state index contributed by atoms with van der Waals surface area (Å²) in [7, 11) is 0. The Hall–Kier alpha value is -4.50. The highest BCUT2D eigenvalue weighted by Crippen LogP contribution is 2.25. The Morgan fingerprint density at radius 1 is 0.971 bits per heavy atom. The van der Waals surface area contributed by atoms with Crippen molar-refractivity contribution in [1.29, 1.82) is 5.26 Å². The number of aryl methyl sites for hydroxylation is 1. The van der Waals surface area contributed by atoms with Crippen molar-refractivity contribution >= 4 is 11.7 Å². The van der Waals surface area contributed by atoms with Gasteiger partial charge in [0.15, 0.2) is 0 Å². The van der Waals surface area contributed by atoms with Gasteiger partial charge in [-0.05, 0) is 54.8 Å². The van der Waals surface area contributed by atoms with Gasteiger partial charge in [-0.25, -0.2) is 9.37 Å². The van der Waals surface area contributed by atoms with Gasteiger partial charge >= 0.3 is 0 Å². The molecule has 0 spiro atoms. The lowest BCUT2D eigenvalue weighted by molar-refractivity contribution is 0.0951. The molecule has 0 aliphatic rings. The van der Waals surface area contributed by atoms with E-state index in [1.54, 1.807) is 30.3 Å². The van der Waals surface area contributed by atoms with Gasteiger partial charge in [-0.1, -0.05) is 60.2 Å². The molecule has 35 heavy (non-hydrogen) atoms. The zero-order valence-corrected chi connectivity index (χ0v) is 19.4. The molecule has 0 bridgehead atoms. The molecule has 0 saturated heterocycles. The molecule has 6 heteroatoms. The fourth-order valence-electron chi connectivity index (χ4n) is 3.73. The summed E-state index contributed by atoms with van der Waals surface area (Å²) in [6, 6.07) is 27.2. The summed E-state index contributed by atoms with van der Waals surface area (Å²) in [5.74, 6) is -0.133. The molecule has 0 unspecified atom stereocenters. The largest absolute Gasteiger partial charge is 0.369 e. The number of pyridine rings is 1. The SMILES string of the molecule is Cc1ccc(CNC(=O)c2ccc(-c3ccccc3C#N)nc2NCCc2cccc(F)c2)cc1. The van der Waals surface area contributed by atoms with E-state index in [2.05, 4.69) is 16.7 Å². The lowest BCUT2D eigenvalue weighted by atomic mass is 10.0. The number of aromatic nitrogens is 1. The molecule has 5 nitrogen and oxygen atoms in total. The summed E-state index contributed by atoms with van der Waals surface area (Å²) in [5.41, 5.74) is 5.17. The molecule has 4 rings (SSSR count). The second-order valence-corrected chi connectivity index (χ2v) is 8.23. The van der Waals surface area contributed by atoms with E-state index < -0.39 is 0 Å². The lowest BCUT2D eigenvalue weighted by Crippen LogP contribution is -2.24. The average Bonchev–Trinajstić information content (AvgIpc) is 2.88. The summed E-state index contributed by atoms with van der Waals surface area (Å²) in [5, 5.41) is 15.7. The van der Waals surface area contributed by atoms with Crippen LogP contribution in [0, 0.1) is 24.1 Å². The van der Waals surface area contributed by atoms with Gasteiger partial charge in [-0.3, -0.25) is 4.79 Å². The predicted molar refractivity (Wildman–Crippen MR) is 135 cm³/mol.